The third-order valence-electron chi connectivity index (χ3n) is 6.07. The highest BCUT2D eigenvalue weighted by molar-refractivity contribution is 5.95. The lowest BCUT2D eigenvalue weighted by Gasteiger charge is -2.40. The van der Waals surface area contributed by atoms with Crippen LogP contribution >= 0.6 is 0 Å². The number of nitrogens with zero attached hydrogens (tertiary/aromatic N) is 4. The zero-order valence-corrected chi connectivity index (χ0v) is 17.9. The molecule has 166 valence electrons. The SMILES string of the molecule is CC(C)Oc1ccc(CN2C(=O)N(c3ccc(C(F)F)nc3)CC23CCCCC3)cn1. The van der Waals surface area contributed by atoms with Crippen molar-refractivity contribution < 1.29 is 18.3 Å². The molecule has 1 aliphatic heterocycles. The van der Waals surface area contributed by atoms with Crippen molar-refractivity contribution in [1.29, 1.82) is 0 Å². The summed E-state index contributed by atoms with van der Waals surface area (Å²) in [7, 11) is 0. The number of halogens is 2. The highest BCUT2D eigenvalue weighted by Crippen LogP contribution is 2.42. The van der Waals surface area contributed by atoms with Crippen molar-refractivity contribution in [2.75, 3.05) is 11.4 Å². The second-order valence-corrected chi connectivity index (χ2v) is 8.65. The monoisotopic (exact) mass is 430 g/mol. The first-order valence-electron chi connectivity index (χ1n) is 10.8. The number of pyridine rings is 2. The Morgan fingerprint density at radius 2 is 1.84 bits per heavy atom. The van der Waals surface area contributed by atoms with E-state index in [0.29, 0.717) is 24.7 Å². The first kappa shape index (κ1) is 21.5. The van der Waals surface area contributed by atoms with Gasteiger partial charge in [-0.25, -0.2) is 18.6 Å². The Bertz CT molecular complexity index is 897. The van der Waals surface area contributed by atoms with Crippen LogP contribution in [-0.2, 0) is 6.54 Å². The van der Waals surface area contributed by atoms with E-state index < -0.39 is 6.43 Å². The zero-order valence-electron chi connectivity index (χ0n) is 17.9. The number of rotatable bonds is 6. The summed E-state index contributed by atoms with van der Waals surface area (Å²) in [6.45, 7) is 4.89. The Labute approximate surface area is 181 Å². The molecule has 2 aromatic heterocycles. The Hall–Kier alpha value is -2.77. The van der Waals surface area contributed by atoms with Crippen LogP contribution in [-0.4, -0.2) is 39.1 Å². The lowest BCUT2D eigenvalue weighted by Crippen LogP contribution is -2.48. The van der Waals surface area contributed by atoms with E-state index in [1.165, 1.54) is 12.3 Å². The minimum atomic E-state index is -2.63. The van der Waals surface area contributed by atoms with Gasteiger partial charge in [0.1, 0.15) is 5.69 Å². The average Bonchev–Trinajstić information content (AvgIpc) is 3.01. The average molecular weight is 430 g/mol. The Morgan fingerprint density at radius 1 is 1.06 bits per heavy atom. The minimum Gasteiger partial charge on any atom is -0.475 e. The molecule has 2 fully saturated rings. The van der Waals surface area contributed by atoms with Crippen LogP contribution < -0.4 is 9.64 Å². The standard InChI is InChI=1S/C23H28F2N4O2/c1-16(2)31-20-9-6-17(12-27-20)14-29-22(30)28(15-23(29)10-4-3-5-11-23)18-7-8-19(21(24)25)26-13-18/h6-9,12-13,16,21H,3-5,10-11,14-15H2,1-2H3. The second-order valence-electron chi connectivity index (χ2n) is 8.65. The fourth-order valence-corrected chi connectivity index (χ4v) is 4.56. The molecule has 3 heterocycles. The van der Waals surface area contributed by atoms with E-state index in [1.54, 1.807) is 17.2 Å². The van der Waals surface area contributed by atoms with Gasteiger partial charge in [-0.15, -0.1) is 0 Å². The first-order chi connectivity index (χ1) is 14.9. The van der Waals surface area contributed by atoms with Gasteiger partial charge in [-0.3, -0.25) is 9.88 Å². The van der Waals surface area contributed by atoms with Gasteiger partial charge in [0.25, 0.3) is 6.43 Å². The molecule has 1 aliphatic carbocycles. The van der Waals surface area contributed by atoms with Crippen molar-refractivity contribution in [3.05, 3.63) is 47.9 Å². The van der Waals surface area contributed by atoms with E-state index in [4.69, 9.17) is 4.74 Å². The molecule has 2 aromatic rings. The summed E-state index contributed by atoms with van der Waals surface area (Å²) >= 11 is 0. The number of alkyl halides is 2. The van der Waals surface area contributed by atoms with Crippen molar-refractivity contribution in [1.82, 2.24) is 14.9 Å². The van der Waals surface area contributed by atoms with Crippen LogP contribution in [0, 0.1) is 0 Å². The number of carbonyl (C=O) groups is 1. The summed E-state index contributed by atoms with van der Waals surface area (Å²) in [5.74, 6) is 0.561. The van der Waals surface area contributed by atoms with Gasteiger partial charge < -0.3 is 9.64 Å². The van der Waals surface area contributed by atoms with Gasteiger partial charge in [-0.05, 0) is 44.4 Å². The molecule has 4 rings (SSSR count). The summed E-state index contributed by atoms with van der Waals surface area (Å²) in [5.41, 5.74) is 0.946. The number of anilines is 1. The lowest BCUT2D eigenvalue weighted by molar-refractivity contribution is 0.113. The van der Waals surface area contributed by atoms with Gasteiger partial charge in [-0.1, -0.05) is 25.3 Å². The van der Waals surface area contributed by atoms with Crippen LogP contribution in [0.15, 0.2) is 36.7 Å². The molecule has 0 radical (unpaired) electrons. The molecule has 2 amide bonds. The fourth-order valence-electron chi connectivity index (χ4n) is 4.56. The maximum atomic E-state index is 13.4. The molecule has 6 nitrogen and oxygen atoms in total. The summed E-state index contributed by atoms with van der Waals surface area (Å²) < 4.78 is 31.4. The Morgan fingerprint density at radius 3 is 2.42 bits per heavy atom. The van der Waals surface area contributed by atoms with Crippen LogP contribution in [0.5, 0.6) is 5.88 Å². The minimum absolute atomic E-state index is 0.0441. The summed E-state index contributed by atoms with van der Waals surface area (Å²) in [5, 5.41) is 0. The number of carbonyl (C=O) groups excluding carboxylic acids is 1. The van der Waals surface area contributed by atoms with E-state index >= 15 is 0 Å². The van der Waals surface area contributed by atoms with Gasteiger partial charge in [0.15, 0.2) is 0 Å². The number of ether oxygens (including phenoxy) is 1. The summed E-state index contributed by atoms with van der Waals surface area (Å²) in [4.78, 5) is 25.3. The van der Waals surface area contributed by atoms with E-state index in [1.807, 2.05) is 30.9 Å². The maximum Gasteiger partial charge on any atom is 0.325 e. The predicted molar refractivity (Wildman–Crippen MR) is 113 cm³/mol. The number of urea groups is 1. The van der Waals surface area contributed by atoms with Crippen LogP contribution in [0.4, 0.5) is 19.3 Å². The molecular formula is C23H28F2N4O2. The number of aromatic nitrogens is 2. The fraction of sp³-hybridized carbons (Fsp3) is 0.522. The Kier molecular flexibility index (Phi) is 6.07. The van der Waals surface area contributed by atoms with Gasteiger partial charge in [0.05, 0.1) is 30.1 Å². The normalized spacial score (nSPS) is 18.5. The van der Waals surface area contributed by atoms with Crippen molar-refractivity contribution in [2.24, 2.45) is 0 Å². The highest BCUT2D eigenvalue weighted by Gasteiger charge is 2.50. The van der Waals surface area contributed by atoms with Gasteiger partial charge in [0, 0.05) is 18.8 Å². The molecule has 1 saturated heterocycles. The molecule has 0 bridgehead atoms. The topological polar surface area (TPSA) is 58.6 Å². The molecule has 2 aliphatic rings. The second kappa shape index (κ2) is 8.77. The molecule has 8 heteroatoms. The Balaban J connectivity index is 1.58. The van der Waals surface area contributed by atoms with Crippen LogP contribution in [0.2, 0.25) is 0 Å². The van der Waals surface area contributed by atoms with E-state index in [2.05, 4.69) is 9.97 Å². The van der Waals surface area contributed by atoms with Crippen LogP contribution in [0.1, 0.15) is 63.6 Å². The molecular weight excluding hydrogens is 402 g/mol. The largest absolute Gasteiger partial charge is 0.475 e. The quantitative estimate of drug-likeness (QED) is 0.620. The zero-order chi connectivity index (χ0) is 22.0. The van der Waals surface area contributed by atoms with E-state index in [0.717, 1.165) is 37.7 Å². The third-order valence-corrected chi connectivity index (χ3v) is 6.07. The van der Waals surface area contributed by atoms with Gasteiger partial charge in [0.2, 0.25) is 5.88 Å². The van der Waals surface area contributed by atoms with Crippen molar-refractivity contribution in [2.45, 2.75) is 70.6 Å². The maximum absolute atomic E-state index is 13.4. The predicted octanol–water partition coefficient (Wildman–Crippen LogP) is 5.35. The molecule has 0 aromatic carbocycles. The van der Waals surface area contributed by atoms with Gasteiger partial charge in [-0.2, -0.15) is 0 Å². The molecule has 0 unspecified atom stereocenters. The number of hydrogen-bond donors (Lipinski definition) is 0. The van der Waals surface area contributed by atoms with E-state index in [9.17, 15) is 13.6 Å². The molecule has 1 saturated carbocycles. The number of amides is 2. The lowest BCUT2D eigenvalue weighted by atomic mass is 9.81. The third kappa shape index (κ3) is 4.48. The molecule has 0 N–H and O–H groups in total. The van der Waals surface area contributed by atoms with Crippen molar-refractivity contribution in [3.8, 4) is 5.88 Å². The van der Waals surface area contributed by atoms with Crippen LogP contribution in [0.25, 0.3) is 0 Å². The van der Waals surface area contributed by atoms with Crippen molar-refractivity contribution >= 4 is 11.7 Å². The molecule has 0 atom stereocenters. The summed E-state index contributed by atoms with van der Waals surface area (Å²) in [6.07, 6.45) is 5.71. The van der Waals surface area contributed by atoms with Gasteiger partial charge >= 0.3 is 6.03 Å². The molecule has 1 spiro atoms. The van der Waals surface area contributed by atoms with Crippen molar-refractivity contribution in [3.63, 3.8) is 0 Å². The number of hydrogen-bond acceptors (Lipinski definition) is 4. The molecule has 31 heavy (non-hydrogen) atoms. The first-order valence-corrected chi connectivity index (χ1v) is 10.8. The van der Waals surface area contributed by atoms with Crippen LogP contribution in [0.3, 0.4) is 0 Å². The highest BCUT2D eigenvalue weighted by atomic mass is 19.3. The summed E-state index contributed by atoms with van der Waals surface area (Å²) in [6, 6.07) is 6.51. The van der Waals surface area contributed by atoms with E-state index in [-0.39, 0.29) is 23.4 Å². The smallest absolute Gasteiger partial charge is 0.325 e.